The van der Waals surface area contributed by atoms with E-state index in [2.05, 4.69) is 16.3 Å². The van der Waals surface area contributed by atoms with Gasteiger partial charge in [0, 0.05) is 22.9 Å². The predicted molar refractivity (Wildman–Crippen MR) is 129 cm³/mol. The predicted octanol–water partition coefficient (Wildman–Crippen LogP) is 5.53. The summed E-state index contributed by atoms with van der Waals surface area (Å²) in [6.45, 7) is 2.15. The lowest BCUT2D eigenvalue weighted by atomic mass is 10.2. The number of anilines is 1. The summed E-state index contributed by atoms with van der Waals surface area (Å²) in [6, 6.07) is 20.7. The minimum absolute atomic E-state index is 0.118. The van der Waals surface area contributed by atoms with E-state index in [9.17, 15) is 4.79 Å². The first kappa shape index (κ1) is 22.6. The summed E-state index contributed by atoms with van der Waals surface area (Å²) < 4.78 is 7.37. The Morgan fingerprint density at radius 3 is 2.70 bits per heavy atom. The van der Waals surface area contributed by atoms with Crippen molar-refractivity contribution < 1.29 is 9.21 Å². The highest BCUT2D eigenvalue weighted by molar-refractivity contribution is 7.99. The van der Waals surface area contributed by atoms with Gasteiger partial charge in [0.1, 0.15) is 5.76 Å². The lowest BCUT2D eigenvalue weighted by Gasteiger charge is -2.22. The number of aromatic nitrogens is 3. The van der Waals surface area contributed by atoms with Crippen LogP contribution in [-0.4, -0.2) is 33.0 Å². The van der Waals surface area contributed by atoms with E-state index in [1.54, 1.807) is 35.4 Å². The van der Waals surface area contributed by atoms with Gasteiger partial charge in [-0.15, -0.1) is 10.2 Å². The molecule has 4 aromatic rings. The number of rotatable bonds is 8. The highest BCUT2D eigenvalue weighted by Gasteiger charge is 2.22. The summed E-state index contributed by atoms with van der Waals surface area (Å²) in [5, 5.41) is 18.9. The molecule has 0 N–H and O–H groups in total. The van der Waals surface area contributed by atoms with E-state index in [1.807, 2.05) is 47.9 Å². The van der Waals surface area contributed by atoms with E-state index in [1.165, 1.54) is 11.8 Å². The maximum Gasteiger partial charge on any atom is 0.237 e. The van der Waals surface area contributed by atoms with Crippen molar-refractivity contribution in [3.8, 4) is 23.1 Å². The second kappa shape index (κ2) is 10.4. The van der Waals surface area contributed by atoms with Crippen LogP contribution in [0.4, 0.5) is 5.69 Å². The number of thioether (sulfide) groups is 1. The Balaban J connectivity index is 1.62. The first-order valence-corrected chi connectivity index (χ1v) is 11.6. The van der Waals surface area contributed by atoms with Gasteiger partial charge in [0.25, 0.3) is 0 Å². The maximum absolute atomic E-state index is 13.2. The van der Waals surface area contributed by atoms with Crippen molar-refractivity contribution in [2.24, 2.45) is 0 Å². The third-order valence-electron chi connectivity index (χ3n) is 4.94. The van der Waals surface area contributed by atoms with Crippen LogP contribution in [0.1, 0.15) is 12.2 Å². The number of hydrogen-bond acceptors (Lipinski definition) is 6. The van der Waals surface area contributed by atoms with Crippen LogP contribution in [0, 0.1) is 18.3 Å². The highest BCUT2D eigenvalue weighted by atomic mass is 35.5. The van der Waals surface area contributed by atoms with Gasteiger partial charge in [0.15, 0.2) is 11.0 Å². The number of para-hydroxylation sites is 1. The summed E-state index contributed by atoms with van der Waals surface area (Å²) in [5.74, 6) is 1.34. The van der Waals surface area contributed by atoms with E-state index in [0.29, 0.717) is 21.7 Å². The molecule has 0 bridgehead atoms. The second-order valence-electron chi connectivity index (χ2n) is 7.09. The molecule has 166 valence electrons. The first-order chi connectivity index (χ1) is 16.1. The number of hydrogen-bond donors (Lipinski definition) is 0. The number of nitrogens with zero attached hydrogens (tertiary/aromatic N) is 5. The molecule has 0 aliphatic rings. The standard InChI is InChI=1S/C24H20ClN5O2S/c1-17-21(11-14-32-17)23-27-28-24(30(23)19-8-3-2-4-9-19)33-16-22(31)29(13-6-12-26)20-10-5-7-18(25)15-20/h2-5,7-11,14-15H,6,13,16H2,1H3. The smallest absolute Gasteiger partial charge is 0.237 e. The minimum atomic E-state index is -0.152. The van der Waals surface area contributed by atoms with Gasteiger partial charge in [-0.2, -0.15) is 5.26 Å². The van der Waals surface area contributed by atoms with Crippen molar-refractivity contribution in [3.63, 3.8) is 0 Å². The van der Waals surface area contributed by atoms with Crippen LogP contribution in [0.2, 0.25) is 5.02 Å². The van der Waals surface area contributed by atoms with E-state index >= 15 is 0 Å². The molecule has 4 rings (SSSR count). The number of nitriles is 1. The van der Waals surface area contributed by atoms with Gasteiger partial charge >= 0.3 is 0 Å². The fraction of sp³-hybridized carbons (Fsp3) is 0.167. The van der Waals surface area contributed by atoms with Crippen LogP contribution in [-0.2, 0) is 4.79 Å². The lowest BCUT2D eigenvalue weighted by Crippen LogP contribution is -2.33. The van der Waals surface area contributed by atoms with Gasteiger partial charge in [-0.05, 0) is 43.3 Å². The summed E-state index contributed by atoms with van der Waals surface area (Å²) in [7, 11) is 0. The summed E-state index contributed by atoms with van der Waals surface area (Å²) in [4.78, 5) is 14.7. The molecule has 0 aliphatic heterocycles. The Labute approximate surface area is 200 Å². The van der Waals surface area contributed by atoms with Crippen molar-refractivity contribution in [1.29, 1.82) is 5.26 Å². The lowest BCUT2D eigenvalue weighted by molar-refractivity contribution is -0.116. The van der Waals surface area contributed by atoms with Crippen LogP contribution >= 0.6 is 23.4 Å². The molecule has 2 aromatic carbocycles. The van der Waals surface area contributed by atoms with Crippen LogP contribution in [0.5, 0.6) is 0 Å². The normalized spacial score (nSPS) is 10.7. The molecule has 0 fully saturated rings. The average molecular weight is 478 g/mol. The van der Waals surface area contributed by atoms with Gasteiger partial charge in [-0.25, -0.2) is 0 Å². The molecular formula is C24H20ClN5O2S. The molecule has 0 aliphatic carbocycles. The quantitative estimate of drug-likeness (QED) is 0.310. The molecule has 2 aromatic heterocycles. The highest BCUT2D eigenvalue weighted by Crippen LogP contribution is 2.30. The number of carbonyl (C=O) groups is 1. The zero-order valence-corrected chi connectivity index (χ0v) is 19.4. The van der Waals surface area contributed by atoms with Crippen molar-refractivity contribution in [2.75, 3.05) is 17.2 Å². The van der Waals surface area contributed by atoms with E-state index in [0.717, 1.165) is 17.0 Å². The zero-order valence-electron chi connectivity index (χ0n) is 17.8. The number of amides is 1. The third kappa shape index (κ3) is 5.11. The van der Waals surface area contributed by atoms with E-state index in [4.69, 9.17) is 21.3 Å². The molecule has 33 heavy (non-hydrogen) atoms. The molecule has 0 unspecified atom stereocenters. The number of furan rings is 1. The fourth-order valence-electron chi connectivity index (χ4n) is 3.37. The van der Waals surface area contributed by atoms with Gasteiger partial charge in [0.05, 0.1) is 30.1 Å². The molecule has 0 atom stereocenters. The van der Waals surface area contributed by atoms with E-state index < -0.39 is 0 Å². The minimum Gasteiger partial charge on any atom is -0.469 e. The first-order valence-electron chi connectivity index (χ1n) is 10.2. The van der Waals surface area contributed by atoms with Crippen molar-refractivity contribution in [2.45, 2.75) is 18.5 Å². The fourth-order valence-corrected chi connectivity index (χ4v) is 4.38. The molecule has 1 amide bonds. The van der Waals surface area contributed by atoms with Crippen LogP contribution in [0.25, 0.3) is 17.1 Å². The molecule has 0 spiro atoms. The van der Waals surface area contributed by atoms with Crippen LogP contribution in [0.3, 0.4) is 0 Å². The Kier molecular flexibility index (Phi) is 7.13. The zero-order chi connectivity index (χ0) is 23.2. The average Bonchev–Trinajstić information content (AvgIpc) is 3.44. The Morgan fingerprint density at radius 2 is 2.00 bits per heavy atom. The molecule has 0 radical (unpaired) electrons. The van der Waals surface area contributed by atoms with Crippen molar-refractivity contribution in [3.05, 3.63) is 77.7 Å². The van der Waals surface area contributed by atoms with Gasteiger partial charge in [-0.3, -0.25) is 9.36 Å². The van der Waals surface area contributed by atoms with Gasteiger partial charge in [-0.1, -0.05) is 47.6 Å². The second-order valence-corrected chi connectivity index (χ2v) is 8.47. The largest absolute Gasteiger partial charge is 0.469 e. The van der Waals surface area contributed by atoms with Gasteiger partial charge < -0.3 is 9.32 Å². The Bertz CT molecular complexity index is 1300. The molecule has 0 saturated carbocycles. The Hall–Kier alpha value is -3.54. The molecule has 0 saturated heterocycles. The van der Waals surface area contributed by atoms with Gasteiger partial charge in [0.2, 0.25) is 5.91 Å². The Morgan fingerprint density at radius 1 is 1.18 bits per heavy atom. The van der Waals surface area contributed by atoms with Crippen molar-refractivity contribution >= 4 is 35.0 Å². The molecule has 9 heteroatoms. The van der Waals surface area contributed by atoms with Crippen LogP contribution in [0.15, 0.2) is 76.5 Å². The van der Waals surface area contributed by atoms with E-state index in [-0.39, 0.29) is 24.6 Å². The summed E-state index contributed by atoms with van der Waals surface area (Å²) in [6.07, 6.45) is 1.83. The molecule has 2 heterocycles. The number of carbonyl (C=O) groups excluding carboxylic acids is 1. The number of benzene rings is 2. The number of halogens is 1. The van der Waals surface area contributed by atoms with Crippen molar-refractivity contribution in [1.82, 2.24) is 14.8 Å². The topological polar surface area (TPSA) is 88.0 Å². The molecule has 7 nitrogen and oxygen atoms in total. The molecular weight excluding hydrogens is 458 g/mol. The summed E-state index contributed by atoms with van der Waals surface area (Å²) >= 11 is 7.40. The third-order valence-corrected chi connectivity index (χ3v) is 6.09. The monoisotopic (exact) mass is 477 g/mol. The van der Waals surface area contributed by atoms with Crippen LogP contribution < -0.4 is 4.90 Å². The summed E-state index contributed by atoms with van der Waals surface area (Å²) in [5.41, 5.74) is 2.37. The maximum atomic E-state index is 13.2. The number of aryl methyl sites for hydroxylation is 1. The SMILES string of the molecule is Cc1occc1-c1nnc(SCC(=O)N(CCC#N)c2cccc(Cl)c2)n1-c1ccccc1.